The number of amides is 2. The van der Waals surface area contributed by atoms with E-state index in [0.29, 0.717) is 19.5 Å². The molecule has 1 N–H and O–H groups in total. The molecular weight excluding hydrogens is 252 g/mol. The lowest BCUT2D eigenvalue weighted by atomic mass is 10.1. The Kier molecular flexibility index (Phi) is 4.56. The highest BCUT2D eigenvalue weighted by Gasteiger charge is 2.37. The molecule has 2 rings (SSSR count). The van der Waals surface area contributed by atoms with Gasteiger partial charge >= 0.3 is 0 Å². The summed E-state index contributed by atoms with van der Waals surface area (Å²) in [6.07, 6.45) is 3.15. The van der Waals surface area contributed by atoms with Crippen molar-refractivity contribution in [1.29, 1.82) is 0 Å². The van der Waals surface area contributed by atoms with Crippen molar-refractivity contribution in [2.45, 2.75) is 19.8 Å². The predicted octanol–water partition coefficient (Wildman–Crippen LogP) is 1.90. The molecule has 1 aromatic carbocycles. The Bertz CT molecular complexity index is 508. The van der Waals surface area contributed by atoms with E-state index in [-0.39, 0.29) is 11.8 Å². The third kappa shape index (κ3) is 2.90. The molecule has 0 bridgehead atoms. The van der Waals surface area contributed by atoms with Crippen molar-refractivity contribution in [3.8, 4) is 0 Å². The van der Waals surface area contributed by atoms with Crippen LogP contribution in [0, 0.1) is 5.92 Å². The van der Waals surface area contributed by atoms with Crippen LogP contribution >= 0.6 is 0 Å². The van der Waals surface area contributed by atoms with Gasteiger partial charge in [0, 0.05) is 18.8 Å². The smallest absolute Gasteiger partial charge is 0.239 e. The van der Waals surface area contributed by atoms with Gasteiger partial charge < -0.3 is 10.2 Å². The minimum atomic E-state index is -0.569. The highest BCUT2D eigenvalue weighted by molar-refractivity contribution is 6.09. The Morgan fingerprint density at radius 1 is 1.45 bits per heavy atom. The molecule has 0 aliphatic carbocycles. The maximum Gasteiger partial charge on any atom is 0.239 e. The van der Waals surface area contributed by atoms with Crippen LogP contribution in [-0.4, -0.2) is 24.9 Å². The molecule has 1 atom stereocenters. The number of hydrogen-bond donors (Lipinski definition) is 1. The number of carbonyl (C=O) groups excluding carboxylic acids is 2. The van der Waals surface area contributed by atoms with E-state index in [1.165, 1.54) is 5.56 Å². The summed E-state index contributed by atoms with van der Waals surface area (Å²) in [5.74, 6) is -0.890. The van der Waals surface area contributed by atoms with Crippen LogP contribution in [0.1, 0.15) is 18.9 Å². The Morgan fingerprint density at radius 2 is 2.15 bits per heavy atom. The zero-order chi connectivity index (χ0) is 14.5. The standard InChI is InChI=1S/C16H20N2O2/c1-3-10-17-15(19)14-9-11-18(16(14)20)13-7-5-12(4-2)6-8-13/h3,5-8,14H,1,4,9-11H2,2H3,(H,17,19)/t14-/m1/s1. The highest BCUT2D eigenvalue weighted by Crippen LogP contribution is 2.25. The Balaban J connectivity index is 2.06. The summed E-state index contributed by atoms with van der Waals surface area (Å²) in [4.78, 5) is 25.9. The second-order valence-corrected chi connectivity index (χ2v) is 4.88. The van der Waals surface area contributed by atoms with E-state index in [1.54, 1.807) is 11.0 Å². The maximum absolute atomic E-state index is 12.3. The Morgan fingerprint density at radius 3 is 2.75 bits per heavy atom. The lowest BCUT2D eigenvalue weighted by molar-refractivity contribution is -0.131. The van der Waals surface area contributed by atoms with Gasteiger partial charge in [-0.05, 0) is 30.5 Å². The lowest BCUT2D eigenvalue weighted by Gasteiger charge is -2.17. The first kappa shape index (κ1) is 14.3. The summed E-state index contributed by atoms with van der Waals surface area (Å²) in [5, 5.41) is 2.69. The van der Waals surface area contributed by atoms with Gasteiger partial charge in [-0.25, -0.2) is 0 Å². The van der Waals surface area contributed by atoms with E-state index < -0.39 is 5.92 Å². The molecule has 4 nitrogen and oxygen atoms in total. The Labute approximate surface area is 119 Å². The minimum Gasteiger partial charge on any atom is -0.352 e. The van der Waals surface area contributed by atoms with Gasteiger partial charge in [0.1, 0.15) is 5.92 Å². The molecule has 0 aromatic heterocycles. The van der Waals surface area contributed by atoms with Crippen LogP contribution in [0.4, 0.5) is 5.69 Å². The third-order valence-electron chi connectivity index (χ3n) is 3.60. The summed E-state index contributed by atoms with van der Waals surface area (Å²) in [5.41, 5.74) is 2.10. The van der Waals surface area contributed by atoms with Crippen LogP contribution in [0.25, 0.3) is 0 Å². The fourth-order valence-electron chi connectivity index (χ4n) is 2.39. The van der Waals surface area contributed by atoms with Gasteiger partial charge in [-0.3, -0.25) is 9.59 Å². The number of hydrogen-bond acceptors (Lipinski definition) is 2. The molecule has 0 unspecified atom stereocenters. The first-order valence-electron chi connectivity index (χ1n) is 6.96. The fraction of sp³-hybridized carbons (Fsp3) is 0.375. The predicted molar refractivity (Wildman–Crippen MR) is 79.5 cm³/mol. The number of carbonyl (C=O) groups is 2. The molecule has 1 saturated heterocycles. The zero-order valence-corrected chi connectivity index (χ0v) is 11.8. The van der Waals surface area contributed by atoms with Crippen molar-refractivity contribution in [3.63, 3.8) is 0 Å². The quantitative estimate of drug-likeness (QED) is 0.657. The molecule has 0 radical (unpaired) electrons. The zero-order valence-electron chi connectivity index (χ0n) is 11.8. The van der Waals surface area contributed by atoms with Gasteiger partial charge in [0.25, 0.3) is 0 Å². The first-order valence-corrected chi connectivity index (χ1v) is 6.96. The van der Waals surface area contributed by atoms with Crippen molar-refractivity contribution in [3.05, 3.63) is 42.5 Å². The van der Waals surface area contributed by atoms with E-state index in [0.717, 1.165) is 12.1 Å². The van der Waals surface area contributed by atoms with E-state index in [4.69, 9.17) is 0 Å². The largest absolute Gasteiger partial charge is 0.352 e. The minimum absolute atomic E-state index is 0.115. The van der Waals surface area contributed by atoms with Gasteiger partial charge in [0.2, 0.25) is 11.8 Å². The normalized spacial score (nSPS) is 18.1. The molecule has 0 saturated carbocycles. The van der Waals surface area contributed by atoms with Crippen LogP contribution in [0.2, 0.25) is 0 Å². The van der Waals surface area contributed by atoms with Crippen molar-refractivity contribution in [2.24, 2.45) is 5.92 Å². The van der Waals surface area contributed by atoms with Crippen molar-refractivity contribution in [1.82, 2.24) is 5.32 Å². The third-order valence-corrected chi connectivity index (χ3v) is 3.60. The maximum atomic E-state index is 12.3. The van der Waals surface area contributed by atoms with Crippen LogP contribution in [-0.2, 0) is 16.0 Å². The van der Waals surface area contributed by atoms with E-state index in [2.05, 4.69) is 18.8 Å². The summed E-state index contributed by atoms with van der Waals surface area (Å²) in [6, 6.07) is 7.93. The second-order valence-electron chi connectivity index (χ2n) is 4.88. The fourth-order valence-corrected chi connectivity index (χ4v) is 2.39. The molecule has 20 heavy (non-hydrogen) atoms. The van der Waals surface area contributed by atoms with Crippen LogP contribution < -0.4 is 10.2 Å². The SMILES string of the molecule is C=CCNC(=O)[C@H]1CCN(c2ccc(CC)cc2)C1=O. The van der Waals surface area contributed by atoms with Crippen molar-refractivity contribution >= 4 is 17.5 Å². The van der Waals surface area contributed by atoms with Gasteiger partial charge in [0.05, 0.1) is 0 Å². The molecule has 1 aliphatic rings. The van der Waals surface area contributed by atoms with Crippen LogP contribution in [0.3, 0.4) is 0 Å². The summed E-state index contributed by atoms with van der Waals surface area (Å²) >= 11 is 0. The molecule has 106 valence electrons. The van der Waals surface area contributed by atoms with Gasteiger partial charge in [-0.1, -0.05) is 25.1 Å². The topological polar surface area (TPSA) is 49.4 Å². The number of anilines is 1. The van der Waals surface area contributed by atoms with Crippen molar-refractivity contribution in [2.75, 3.05) is 18.0 Å². The molecule has 0 spiro atoms. The van der Waals surface area contributed by atoms with Gasteiger partial charge in [0.15, 0.2) is 0 Å². The van der Waals surface area contributed by atoms with E-state index in [9.17, 15) is 9.59 Å². The van der Waals surface area contributed by atoms with Crippen molar-refractivity contribution < 1.29 is 9.59 Å². The molecular formula is C16H20N2O2. The summed E-state index contributed by atoms with van der Waals surface area (Å²) < 4.78 is 0. The molecule has 2 amide bonds. The van der Waals surface area contributed by atoms with E-state index >= 15 is 0 Å². The first-order chi connectivity index (χ1) is 9.67. The molecule has 4 heteroatoms. The average Bonchev–Trinajstić information content (AvgIpc) is 2.86. The highest BCUT2D eigenvalue weighted by atomic mass is 16.2. The van der Waals surface area contributed by atoms with Crippen LogP contribution in [0.5, 0.6) is 0 Å². The monoisotopic (exact) mass is 272 g/mol. The van der Waals surface area contributed by atoms with E-state index in [1.807, 2.05) is 24.3 Å². The second kappa shape index (κ2) is 6.37. The number of rotatable bonds is 5. The number of aryl methyl sites for hydroxylation is 1. The number of nitrogens with zero attached hydrogens (tertiary/aromatic N) is 1. The average molecular weight is 272 g/mol. The Hall–Kier alpha value is -2.10. The summed E-state index contributed by atoms with van der Waals surface area (Å²) in [7, 11) is 0. The molecule has 1 aliphatic heterocycles. The van der Waals surface area contributed by atoms with Crippen LogP contribution in [0.15, 0.2) is 36.9 Å². The molecule has 1 aromatic rings. The number of benzene rings is 1. The van der Waals surface area contributed by atoms with Gasteiger partial charge in [-0.2, -0.15) is 0 Å². The summed E-state index contributed by atoms with van der Waals surface area (Å²) in [6.45, 7) is 6.63. The van der Waals surface area contributed by atoms with Gasteiger partial charge in [-0.15, -0.1) is 6.58 Å². The number of nitrogens with one attached hydrogen (secondary N) is 1. The molecule has 1 heterocycles. The molecule has 1 fully saturated rings. The lowest BCUT2D eigenvalue weighted by Crippen LogP contribution is -2.36.